The third-order valence-electron chi connectivity index (χ3n) is 2.97. The van der Waals surface area contributed by atoms with Crippen molar-refractivity contribution in [3.63, 3.8) is 0 Å². The van der Waals surface area contributed by atoms with Crippen LogP contribution in [-0.4, -0.2) is 16.0 Å². The Balaban J connectivity index is 2.14. The van der Waals surface area contributed by atoms with Gasteiger partial charge in [0.2, 0.25) is 5.28 Å². The van der Waals surface area contributed by atoms with Crippen molar-refractivity contribution in [2.24, 2.45) is 5.92 Å². The van der Waals surface area contributed by atoms with Gasteiger partial charge in [-0.15, -0.1) is 0 Å². The minimum absolute atomic E-state index is 0.00792. The van der Waals surface area contributed by atoms with E-state index in [2.05, 4.69) is 21.4 Å². The maximum atomic E-state index is 9.08. The van der Waals surface area contributed by atoms with Gasteiger partial charge in [-0.2, -0.15) is 10.2 Å². The van der Waals surface area contributed by atoms with Crippen molar-refractivity contribution in [3.05, 3.63) is 16.5 Å². The van der Waals surface area contributed by atoms with Crippen LogP contribution in [0.3, 0.4) is 0 Å². The average molecular weight is 271 g/mol. The van der Waals surface area contributed by atoms with Crippen molar-refractivity contribution in [1.29, 1.82) is 5.26 Å². The minimum atomic E-state index is 0.00792. The van der Waals surface area contributed by atoms with Crippen LogP contribution in [0, 0.1) is 17.2 Å². The second-order valence-corrected chi connectivity index (χ2v) is 4.85. The lowest BCUT2D eigenvalue weighted by atomic mass is 9.85. The molecule has 1 aliphatic carbocycles. The van der Waals surface area contributed by atoms with Gasteiger partial charge in [-0.05, 0) is 24.4 Å². The van der Waals surface area contributed by atoms with Crippen LogP contribution in [0.1, 0.15) is 25.7 Å². The molecule has 1 fully saturated rings. The molecule has 2 unspecified atom stereocenters. The molecule has 90 valence electrons. The van der Waals surface area contributed by atoms with Crippen molar-refractivity contribution < 1.29 is 0 Å². The van der Waals surface area contributed by atoms with Gasteiger partial charge in [-0.3, -0.25) is 0 Å². The van der Waals surface area contributed by atoms with Crippen LogP contribution in [0.5, 0.6) is 0 Å². The summed E-state index contributed by atoms with van der Waals surface area (Å²) in [5, 5.41) is 12.9. The fourth-order valence-electron chi connectivity index (χ4n) is 2.08. The molecule has 0 aliphatic heterocycles. The maximum absolute atomic E-state index is 9.08. The summed E-state index contributed by atoms with van der Waals surface area (Å²) in [7, 11) is 0. The topological polar surface area (TPSA) is 61.6 Å². The molecule has 17 heavy (non-hydrogen) atoms. The van der Waals surface area contributed by atoms with Gasteiger partial charge in [-0.1, -0.05) is 24.4 Å². The number of aromatic nitrogens is 2. The molecule has 1 aromatic heterocycles. The van der Waals surface area contributed by atoms with E-state index in [-0.39, 0.29) is 17.2 Å². The second kappa shape index (κ2) is 5.52. The van der Waals surface area contributed by atoms with Crippen LogP contribution < -0.4 is 5.32 Å². The predicted molar refractivity (Wildman–Crippen MR) is 67.0 cm³/mol. The number of hydrogen-bond donors (Lipinski definition) is 1. The molecule has 1 saturated carbocycles. The van der Waals surface area contributed by atoms with Crippen molar-refractivity contribution in [2.45, 2.75) is 31.7 Å². The summed E-state index contributed by atoms with van der Waals surface area (Å²) in [5.74, 6) is 0.521. The molecule has 4 nitrogen and oxygen atoms in total. The summed E-state index contributed by atoms with van der Waals surface area (Å²) in [5.41, 5.74) is 0. The van der Waals surface area contributed by atoms with Gasteiger partial charge < -0.3 is 5.32 Å². The number of nitriles is 1. The van der Waals surface area contributed by atoms with E-state index in [1.807, 2.05) is 0 Å². The molecule has 1 N–H and O–H groups in total. The number of anilines is 1. The number of nitrogens with zero attached hydrogens (tertiary/aromatic N) is 3. The molecular formula is C11H12Cl2N4. The summed E-state index contributed by atoms with van der Waals surface area (Å²) in [6.45, 7) is 0. The van der Waals surface area contributed by atoms with E-state index in [4.69, 9.17) is 28.5 Å². The molecular weight excluding hydrogens is 259 g/mol. The Morgan fingerprint density at radius 2 is 2.12 bits per heavy atom. The minimum Gasteiger partial charge on any atom is -0.365 e. The summed E-state index contributed by atoms with van der Waals surface area (Å²) in [6, 6.07) is 2.42. The van der Waals surface area contributed by atoms with E-state index >= 15 is 0 Å². The standard InChI is InChI=1S/C11H12Cl2N4/c12-8-6-15-11(13)17-10(8)16-9-4-2-1-3-7(9)5-14/h6-7,9H,1-4H2,(H,15,16,17). The monoisotopic (exact) mass is 270 g/mol. The Labute approximate surface area is 110 Å². The zero-order valence-corrected chi connectivity index (χ0v) is 10.7. The first-order valence-electron chi connectivity index (χ1n) is 5.55. The molecule has 0 amide bonds. The van der Waals surface area contributed by atoms with Gasteiger partial charge >= 0.3 is 0 Å². The number of nitrogens with one attached hydrogen (secondary N) is 1. The zero-order chi connectivity index (χ0) is 12.3. The first-order valence-corrected chi connectivity index (χ1v) is 6.30. The van der Waals surface area contributed by atoms with Gasteiger partial charge in [0.25, 0.3) is 0 Å². The van der Waals surface area contributed by atoms with Gasteiger partial charge in [0, 0.05) is 6.04 Å². The average Bonchev–Trinajstić information content (AvgIpc) is 2.34. The quantitative estimate of drug-likeness (QED) is 0.838. The summed E-state index contributed by atoms with van der Waals surface area (Å²) in [6.07, 6.45) is 5.56. The molecule has 2 atom stereocenters. The number of halogens is 2. The van der Waals surface area contributed by atoms with Gasteiger partial charge in [0.05, 0.1) is 18.2 Å². The van der Waals surface area contributed by atoms with Crippen molar-refractivity contribution >= 4 is 29.0 Å². The first-order chi connectivity index (χ1) is 8.20. The first kappa shape index (κ1) is 12.4. The van der Waals surface area contributed by atoms with Gasteiger partial charge in [0.15, 0.2) is 0 Å². The van der Waals surface area contributed by atoms with E-state index in [1.54, 1.807) is 0 Å². The summed E-state index contributed by atoms with van der Waals surface area (Å²) in [4.78, 5) is 7.83. The van der Waals surface area contributed by atoms with E-state index in [1.165, 1.54) is 6.20 Å². The molecule has 0 spiro atoms. The third kappa shape index (κ3) is 2.99. The Hall–Kier alpha value is -1.05. The Bertz CT molecular complexity index is 444. The van der Waals surface area contributed by atoms with Crippen LogP contribution >= 0.6 is 23.2 Å². The Kier molecular flexibility index (Phi) is 4.03. The number of hydrogen-bond acceptors (Lipinski definition) is 4. The molecule has 6 heteroatoms. The zero-order valence-electron chi connectivity index (χ0n) is 9.16. The van der Waals surface area contributed by atoms with Crippen molar-refractivity contribution in [3.8, 4) is 6.07 Å². The Morgan fingerprint density at radius 1 is 1.35 bits per heavy atom. The highest BCUT2D eigenvalue weighted by Crippen LogP contribution is 2.28. The fourth-order valence-corrected chi connectivity index (χ4v) is 2.36. The normalized spacial score (nSPS) is 24.1. The molecule has 0 bridgehead atoms. The van der Waals surface area contributed by atoms with Crippen LogP contribution in [0.4, 0.5) is 5.82 Å². The lowest BCUT2D eigenvalue weighted by Gasteiger charge is -2.28. The maximum Gasteiger partial charge on any atom is 0.224 e. The van der Waals surface area contributed by atoms with Crippen LogP contribution in [0.25, 0.3) is 0 Å². The van der Waals surface area contributed by atoms with E-state index in [0.29, 0.717) is 10.8 Å². The van der Waals surface area contributed by atoms with E-state index in [0.717, 1.165) is 25.7 Å². The Morgan fingerprint density at radius 3 is 2.88 bits per heavy atom. The lowest BCUT2D eigenvalue weighted by molar-refractivity contribution is 0.388. The third-order valence-corrected chi connectivity index (χ3v) is 3.43. The SMILES string of the molecule is N#CC1CCCCC1Nc1nc(Cl)ncc1Cl. The van der Waals surface area contributed by atoms with Gasteiger partial charge in [-0.25, -0.2) is 4.98 Å². The van der Waals surface area contributed by atoms with Gasteiger partial charge in [0.1, 0.15) is 10.8 Å². The smallest absolute Gasteiger partial charge is 0.224 e. The molecule has 1 aromatic rings. The molecule has 1 aliphatic rings. The lowest BCUT2D eigenvalue weighted by Crippen LogP contribution is -2.31. The van der Waals surface area contributed by atoms with E-state index in [9.17, 15) is 0 Å². The highest BCUT2D eigenvalue weighted by Gasteiger charge is 2.25. The van der Waals surface area contributed by atoms with Crippen LogP contribution in [-0.2, 0) is 0 Å². The summed E-state index contributed by atoms with van der Waals surface area (Å²) < 4.78 is 0. The van der Waals surface area contributed by atoms with Crippen LogP contribution in [0.2, 0.25) is 10.3 Å². The molecule has 0 radical (unpaired) electrons. The summed E-state index contributed by atoms with van der Waals surface area (Å²) >= 11 is 11.7. The fraction of sp³-hybridized carbons (Fsp3) is 0.545. The highest BCUT2D eigenvalue weighted by molar-refractivity contribution is 6.33. The molecule has 1 heterocycles. The van der Waals surface area contributed by atoms with Crippen molar-refractivity contribution in [1.82, 2.24) is 9.97 Å². The van der Waals surface area contributed by atoms with E-state index < -0.39 is 0 Å². The van der Waals surface area contributed by atoms with Crippen LogP contribution in [0.15, 0.2) is 6.20 Å². The molecule has 0 saturated heterocycles. The predicted octanol–water partition coefficient (Wildman–Crippen LogP) is 3.28. The molecule has 2 rings (SSSR count). The largest absolute Gasteiger partial charge is 0.365 e. The van der Waals surface area contributed by atoms with Crippen molar-refractivity contribution in [2.75, 3.05) is 5.32 Å². The molecule has 0 aromatic carbocycles. The highest BCUT2D eigenvalue weighted by atomic mass is 35.5. The number of rotatable bonds is 2. The second-order valence-electron chi connectivity index (χ2n) is 4.11.